The van der Waals surface area contributed by atoms with Gasteiger partial charge in [0.25, 0.3) is 5.91 Å². The minimum Gasteiger partial charge on any atom is -0.347 e. The van der Waals surface area contributed by atoms with E-state index in [-0.39, 0.29) is 37.8 Å². The number of carbonyl (C=O) groups is 4. The lowest BCUT2D eigenvalue weighted by atomic mass is 10.0. The van der Waals surface area contributed by atoms with Crippen LogP contribution in [0, 0.1) is 0 Å². The summed E-state index contributed by atoms with van der Waals surface area (Å²) in [7, 11) is 0. The summed E-state index contributed by atoms with van der Waals surface area (Å²) in [5, 5.41) is 5.30. The number of nitrogens with one attached hydrogen (secondary N) is 2. The van der Waals surface area contributed by atoms with Crippen LogP contribution in [-0.4, -0.2) is 46.5 Å². The zero-order valence-electron chi connectivity index (χ0n) is 19.4. The van der Waals surface area contributed by atoms with Gasteiger partial charge in [-0.3, -0.25) is 19.2 Å². The van der Waals surface area contributed by atoms with Gasteiger partial charge < -0.3 is 15.5 Å². The number of ketones is 1. The van der Waals surface area contributed by atoms with Crippen LogP contribution in [0.1, 0.15) is 42.4 Å². The molecule has 3 amide bonds. The van der Waals surface area contributed by atoms with Crippen LogP contribution < -0.4 is 10.6 Å². The maximum absolute atomic E-state index is 13.2. The third-order valence-electron chi connectivity index (χ3n) is 6.32. The molecule has 2 fully saturated rings. The fraction of sp³-hybridized carbons (Fsp3) is 0.385. The maximum Gasteiger partial charge on any atom is 0.416 e. The number of halogens is 3. The summed E-state index contributed by atoms with van der Waals surface area (Å²) in [6.45, 7) is -0.0471. The first-order valence-corrected chi connectivity index (χ1v) is 11.8. The molecule has 2 N–H and O–H groups in total. The van der Waals surface area contributed by atoms with Crippen LogP contribution >= 0.6 is 0 Å². The average molecular weight is 502 g/mol. The van der Waals surface area contributed by atoms with Crippen molar-refractivity contribution in [2.24, 2.45) is 0 Å². The Labute approximate surface area is 206 Å². The highest BCUT2D eigenvalue weighted by molar-refractivity contribution is 6.38. The number of rotatable bonds is 9. The molecule has 36 heavy (non-hydrogen) atoms. The molecular formula is C26H26F3N3O4. The zero-order valence-corrected chi connectivity index (χ0v) is 19.4. The Kier molecular flexibility index (Phi) is 7.42. The molecule has 0 bridgehead atoms. The van der Waals surface area contributed by atoms with Gasteiger partial charge in [-0.05, 0) is 42.5 Å². The minimum absolute atomic E-state index is 0.0267. The predicted molar refractivity (Wildman–Crippen MR) is 123 cm³/mol. The van der Waals surface area contributed by atoms with Gasteiger partial charge >= 0.3 is 6.18 Å². The Bertz CT molecular complexity index is 1130. The second-order valence-electron chi connectivity index (χ2n) is 9.13. The highest BCUT2D eigenvalue weighted by Gasteiger charge is 2.39. The molecule has 2 atom stereocenters. The van der Waals surface area contributed by atoms with Crippen molar-refractivity contribution in [1.29, 1.82) is 0 Å². The third-order valence-corrected chi connectivity index (χ3v) is 6.32. The Morgan fingerprint density at radius 3 is 2.22 bits per heavy atom. The van der Waals surface area contributed by atoms with E-state index in [9.17, 15) is 32.3 Å². The SMILES string of the molecule is O=C(NC1CC1)C(=O)C(Cc1ccccc1)NC(=O)[C@@H]1CCC(=O)N1Cc1ccc(C(F)(F)F)cc1. The van der Waals surface area contributed by atoms with Crippen LogP contribution in [0.2, 0.25) is 0 Å². The number of alkyl halides is 3. The topological polar surface area (TPSA) is 95.6 Å². The molecule has 10 heteroatoms. The average Bonchev–Trinajstić information content (AvgIpc) is 3.59. The smallest absolute Gasteiger partial charge is 0.347 e. The van der Waals surface area contributed by atoms with Crippen LogP contribution in [-0.2, 0) is 38.3 Å². The lowest BCUT2D eigenvalue weighted by molar-refractivity contribution is -0.141. The van der Waals surface area contributed by atoms with Crippen LogP contribution in [0.4, 0.5) is 13.2 Å². The second-order valence-corrected chi connectivity index (χ2v) is 9.13. The number of hydrogen-bond acceptors (Lipinski definition) is 4. The van der Waals surface area contributed by atoms with Gasteiger partial charge in [0.15, 0.2) is 0 Å². The van der Waals surface area contributed by atoms with E-state index in [1.54, 1.807) is 24.3 Å². The van der Waals surface area contributed by atoms with Crippen LogP contribution in [0.25, 0.3) is 0 Å². The molecule has 1 aliphatic heterocycles. The zero-order chi connectivity index (χ0) is 25.9. The number of carbonyl (C=O) groups excluding carboxylic acids is 4. The molecule has 1 aliphatic carbocycles. The summed E-state index contributed by atoms with van der Waals surface area (Å²) in [4.78, 5) is 52.3. The van der Waals surface area contributed by atoms with E-state index < -0.39 is 41.4 Å². The number of hydrogen-bond donors (Lipinski definition) is 2. The number of Topliss-reactive ketones (excluding diaryl/α,β-unsaturated/α-hetero) is 1. The molecule has 190 valence electrons. The molecule has 0 aromatic heterocycles. The van der Waals surface area contributed by atoms with E-state index in [2.05, 4.69) is 10.6 Å². The monoisotopic (exact) mass is 501 g/mol. The van der Waals surface area contributed by atoms with Gasteiger partial charge in [-0.2, -0.15) is 13.2 Å². The van der Waals surface area contributed by atoms with Gasteiger partial charge in [0.2, 0.25) is 17.6 Å². The van der Waals surface area contributed by atoms with Crippen LogP contribution in [0.5, 0.6) is 0 Å². The molecule has 2 aromatic carbocycles. The first kappa shape index (κ1) is 25.4. The van der Waals surface area contributed by atoms with E-state index in [1.165, 1.54) is 17.0 Å². The van der Waals surface area contributed by atoms with Gasteiger partial charge in [-0.15, -0.1) is 0 Å². The molecule has 4 rings (SSSR count). The van der Waals surface area contributed by atoms with Gasteiger partial charge in [0.1, 0.15) is 12.1 Å². The number of amides is 3. The van der Waals surface area contributed by atoms with Gasteiger partial charge in [-0.25, -0.2) is 0 Å². The second kappa shape index (κ2) is 10.5. The van der Waals surface area contributed by atoms with Gasteiger partial charge in [-0.1, -0.05) is 42.5 Å². The van der Waals surface area contributed by atoms with Crippen molar-refractivity contribution in [2.75, 3.05) is 0 Å². The van der Waals surface area contributed by atoms with Crippen LogP contribution in [0.3, 0.4) is 0 Å². The van der Waals surface area contributed by atoms with Crippen molar-refractivity contribution in [1.82, 2.24) is 15.5 Å². The highest BCUT2D eigenvalue weighted by atomic mass is 19.4. The Balaban J connectivity index is 1.47. The molecule has 1 heterocycles. The Morgan fingerprint density at radius 2 is 1.61 bits per heavy atom. The van der Waals surface area contributed by atoms with Crippen LogP contribution in [0.15, 0.2) is 54.6 Å². The van der Waals surface area contributed by atoms with Crippen molar-refractivity contribution in [2.45, 2.75) is 63.0 Å². The molecule has 1 saturated carbocycles. The lowest BCUT2D eigenvalue weighted by Crippen LogP contribution is -2.53. The Morgan fingerprint density at radius 1 is 0.944 bits per heavy atom. The summed E-state index contributed by atoms with van der Waals surface area (Å²) >= 11 is 0. The van der Waals surface area contributed by atoms with Gasteiger partial charge in [0, 0.05) is 25.4 Å². The fourth-order valence-corrected chi connectivity index (χ4v) is 4.17. The molecule has 2 aliphatic rings. The summed E-state index contributed by atoms with van der Waals surface area (Å²) in [6, 6.07) is 11.3. The largest absolute Gasteiger partial charge is 0.416 e. The first-order valence-electron chi connectivity index (χ1n) is 11.8. The van der Waals surface area contributed by atoms with Crippen molar-refractivity contribution in [3.8, 4) is 0 Å². The van der Waals surface area contributed by atoms with Crippen molar-refractivity contribution < 1.29 is 32.3 Å². The number of likely N-dealkylation sites (tertiary alicyclic amines) is 1. The Hall–Kier alpha value is -3.69. The normalized spacial score (nSPS) is 18.6. The number of benzene rings is 2. The first-order chi connectivity index (χ1) is 17.1. The standard InChI is InChI=1S/C26H26F3N3O4/c27-26(28,29)18-8-6-17(7-9-18)15-32-21(12-13-22(32)33)24(35)31-20(14-16-4-2-1-3-5-16)23(34)25(36)30-19-10-11-19/h1-9,19-21H,10-15H2,(H,30,36)(H,31,35)/t20?,21-/m0/s1. The summed E-state index contributed by atoms with van der Waals surface area (Å²) in [5.41, 5.74) is 0.385. The molecule has 0 radical (unpaired) electrons. The molecule has 2 aromatic rings. The molecule has 0 spiro atoms. The van der Waals surface area contributed by atoms with E-state index in [0.29, 0.717) is 5.56 Å². The van der Waals surface area contributed by atoms with Crippen molar-refractivity contribution in [3.63, 3.8) is 0 Å². The number of nitrogens with zero attached hydrogens (tertiary/aromatic N) is 1. The lowest BCUT2D eigenvalue weighted by Gasteiger charge is -2.26. The van der Waals surface area contributed by atoms with Crippen molar-refractivity contribution in [3.05, 3.63) is 71.3 Å². The summed E-state index contributed by atoms with van der Waals surface area (Å²) in [6.07, 6.45) is -2.47. The highest BCUT2D eigenvalue weighted by Crippen LogP contribution is 2.30. The summed E-state index contributed by atoms with van der Waals surface area (Å²) in [5.74, 6) is -2.42. The predicted octanol–water partition coefficient (Wildman–Crippen LogP) is 2.77. The van der Waals surface area contributed by atoms with E-state index >= 15 is 0 Å². The molecule has 7 nitrogen and oxygen atoms in total. The van der Waals surface area contributed by atoms with E-state index in [0.717, 1.165) is 30.5 Å². The molecule has 1 saturated heterocycles. The van der Waals surface area contributed by atoms with E-state index in [4.69, 9.17) is 0 Å². The van der Waals surface area contributed by atoms with Gasteiger partial charge in [0.05, 0.1) is 5.56 Å². The van der Waals surface area contributed by atoms with Crippen molar-refractivity contribution >= 4 is 23.5 Å². The quantitative estimate of drug-likeness (QED) is 0.517. The summed E-state index contributed by atoms with van der Waals surface area (Å²) < 4.78 is 38.6. The minimum atomic E-state index is -4.48. The maximum atomic E-state index is 13.2. The fourth-order valence-electron chi connectivity index (χ4n) is 4.17. The molecular weight excluding hydrogens is 475 g/mol. The third kappa shape index (κ3) is 6.30. The molecule has 1 unspecified atom stereocenters. The van der Waals surface area contributed by atoms with E-state index in [1.807, 2.05) is 6.07 Å².